The van der Waals surface area contributed by atoms with E-state index in [1.165, 1.54) is 11.3 Å². The summed E-state index contributed by atoms with van der Waals surface area (Å²) in [6.45, 7) is 0.319. The molecule has 176 valence electrons. The summed E-state index contributed by atoms with van der Waals surface area (Å²) in [5.41, 5.74) is 6.42. The maximum absolute atomic E-state index is 11.8. The molecule has 4 rings (SSSR count). The molecule has 1 unspecified atom stereocenters. The molecule has 0 saturated carbocycles. The van der Waals surface area contributed by atoms with Crippen molar-refractivity contribution < 1.29 is 14.3 Å². The Labute approximate surface area is 205 Å². The van der Waals surface area contributed by atoms with Crippen LogP contribution in [0, 0.1) is 0 Å². The van der Waals surface area contributed by atoms with Gasteiger partial charge < -0.3 is 19.7 Å². The first-order valence-corrected chi connectivity index (χ1v) is 11.6. The van der Waals surface area contributed by atoms with Crippen LogP contribution in [-0.2, 0) is 18.9 Å². The number of fused-ring (bicyclic) bond motifs is 1. The van der Waals surface area contributed by atoms with Gasteiger partial charge in [-0.2, -0.15) is 0 Å². The SMILES string of the molecule is CNc1cc(CCl)cc(COc2cc(/N=C\C3Cc4ccccc4N3C)c(C=O)cc2OC)c1. The third-order valence-electron chi connectivity index (χ3n) is 6.01. The second-order valence-corrected chi connectivity index (χ2v) is 8.45. The van der Waals surface area contributed by atoms with E-state index in [9.17, 15) is 4.79 Å². The molecule has 1 N–H and O–H groups in total. The summed E-state index contributed by atoms with van der Waals surface area (Å²) in [6, 6.07) is 17.9. The third kappa shape index (κ3) is 5.02. The number of likely N-dealkylation sites (N-methyl/N-ethyl adjacent to an activating group) is 1. The summed E-state index contributed by atoms with van der Waals surface area (Å²) < 4.78 is 11.6. The van der Waals surface area contributed by atoms with Crippen LogP contribution in [0.3, 0.4) is 0 Å². The Morgan fingerprint density at radius 1 is 1.15 bits per heavy atom. The number of nitrogens with zero attached hydrogens (tertiary/aromatic N) is 2. The number of alkyl halides is 1. The maximum atomic E-state index is 11.8. The lowest BCUT2D eigenvalue weighted by atomic mass is 10.1. The number of methoxy groups -OCH3 is 1. The van der Waals surface area contributed by atoms with E-state index >= 15 is 0 Å². The summed E-state index contributed by atoms with van der Waals surface area (Å²) in [5, 5.41) is 3.14. The van der Waals surface area contributed by atoms with Crippen molar-refractivity contribution in [3.63, 3.8) is 0 Å². The fourth-order valence-corrected chi connectivity index (χ4v) is 4.31. The summed E-state index contributed by atoms with van der Waals surface area (Å²) in [6.07, 6.45) is 3.55. The van der Waals surface area contributed by atoms with Crippen LogP contribution in [-0.4, -0.2) is 39.7 Å². The lowest BCUT2D eigenvalue weighted by Crippen LogP contribution is -2.28. The number of rotatable bonds is 9. The van der Waals surface area contributed by atoms with Crippen molar-refractivity contribution >= 4 is 41.2 Å². The minimum atomic E-state index is 0.113. The fraction of sp³-hybridized carbons (Fsp3) is 0.259. The zero-order chi connectivity index (χ0) is 24.1. The molecule has 1 atom stereocenters. The van der Waals surface area contributed by atoms with Crippen LogP contribution >= 0.6 is 11.6 Å². The highest BCUT2D eigenvalue weighted by Crippen LogP contribution is 2.36. The number of carbonyl (C=O) groups excluding carboxylic acids is 1. The van der Waals surface area contributed by atoms with Gasteiger partial charge in [0.25, 0.3) is 0 Å². The van der Waals surface area contributed by atoms with E-state index < -0.39 is 0 Å². The zero-order valence-electron chi connectivity index (χ0n) is 19.5. The van der Waals surface area contributed by atoms with Crippen molar-refractivity contribution in [2.24, 2.45) is 4.99 Å². The molecular weight excluding hydrogens is 450 g/mol. The van der Waals surface area contributed by atoms with Crippen LogP contribution in [0.1, 0.15) is 27.0 Å². The highest BCUT2D eigenvalue weighted by Gasteiger charge is 2.24. The number of para-hydroxylation sites is 1. The zero-order valence-corrected chi connectivity index (χ0v) is 20.3. The lowest BCUT2D eigenvalue weighted by molar-refractivity contribution is 0.112. The lowest BCUT2D eigenvalue weighted by Gasteiger charge is -2.19. The molecule has 1 aliphatic heterocycles. The summed E-state index contributed by atoms with van der Waals surface area (Å²) in [5.74, 6) is 1.41. The second kappa shape index (κ2) is 10.6. The van der Waals surface area contributed by atoms with Crippen molar-refractivity contribution in [3.05, 3.63) is 76.9 Å². The van der Waals surface area contributed by atoms with Gasteiger partial charge in [-0.3, -0.25) is 9.79 Å². The van der Waals surface area contributed by atoms with Gasteiger partial charge in [0.2, 0.25) is 0 Å². The Kier molecular flexibility index (Phi) is 7.38. The first-order chi connectivity index (χ1) is 16.6. The van der Waals surface area contributed by atoms with E-state index in [0.717, 1.165) is 29.5 Å². The molecule has 7 heteroatoms. The minimum Gasteiger partial charge on any atom is -0.493 e. The molecule has 0 radical (unpaired) electrons. The van der Waals surface area contributed by atoms with Crippen molar-refractivity contribution in [2.45, 2.75) is 24.9 Å². The van der Waals surface area contributed by atoms with Crippen LogP contribution in [0.4, 0.5) is 17.1 Å². The topological polar surface area (TPSA) is 63.2 Å². The van der Waals surface area contributed by atoms with Crippen molar-refractivity contribution in [3.8, 4) is 11.5 Å². The molecule has 0 amide bonds. The van der Waals surface area contributed by atoms with Gasteiger partial charge in [-0.15, -0.1) is 11.6 Å². The molecule has 0 aromatic heterocycles. The molecule has 0 aliphatic carbocycles. The quantitative estimate of drug-likeness (QED) is 0.246. The molecule has 3 aromatic rings. The number of benzene rings is 3. The average Bonchev–Trinajstić information content (AvgIpc) is 3.20. The van der Waals surface area contributed by atoms with Crippen LogP contribution < -0.4 is 19.7 Å². The van der Waals surface area contributed by atoms with E-state index in [4.69, 9.17) is 21.1 Å². The Morgan fingerprint density at radius 3 is 2.65 bits per heavy atom. The normalized spacial score (nSPS) is 14.8. The van der Waals surface area contributed by atoms with Gasteiger partial charge in [0.05, 0.1) is 18.8 Å². The highest BCUT2D eigenvalue weighted by molar-refractivity contribution is 6.17. The third-order valence-corrected chi connectivity index (χ3v) is 6.32. The Hall–Kier alpha value is -3.51. The molecule has 0 saturated heterocycles. The van der Waals surface area contributed by atoms with E-state index in [-0.39, 0.29) is 6.04 Å². The smallest absolute Gasteiger partial charge is 0.163 e. The molecule has 1 heterocycles. The molecule has 0 spiro atoms. The summed E-state index contributed by atoms with van der Waals surface area (Å²) in [7, 11) is 5.47. The van der Waals surface area contributed by atoms with Crippen LogP contribution in [0.25, 0.3) is 0 Å². The van der Waals surface area contributed by atoms with Crippen LogP contribution in [0.5, 0.6) is 11.5 Å². The first-order valence-electron chi connectivity index (χ1n) is 11.1. The predicted octanol–water partition coefficient (Wildman–Crippen LogP) is 5.63. The minimum absolute atomic E-state index is 0.113. The number of ether oxygens (including phenoxy) is 2. The molecule has 34 heavy (non-hydrogen) atoms. The fourth-order valence-electron chi connectivity index (χ4n) is 4.16. The van der Waals surface area contributed by atoms with Gasteiger partial charge in [0.15, 0.2) is 17.8 Å². The van der Waals surface area contributed by atoms with Crippen LogP contribution in [0.2, 0.25) is 0 Å². The molecule has 0 fully saturated rings. The standard InChI is InChI=1S/C27H28ClN3O3/c1-29-22-9-18(14-28)8-19(10-22)17-34-27-13-24(21(16-32)12-26(27)33-3)30-15-23-11-20-6-4-5-7-25(20)31(23)2/h4-10,12-13,15-16,23,29H,11,14,17H2,1-3H3/b30-15-. The number of hydrogen-bond donors (Lipinski definition) is 1. The van der Waals surface area contributed by atoms with Crippen molar-refractivity contribution in [1.29, 1.82) is 0 Å². The van der Waals surface area contributed by atoms with Crippen LogP contribution in [0.15, 0.2) is 59.6 Å². The van der Waals surface area contributed by atoms with Gasteiger partial charge >= 0.3 is 0 Å². The monoisotopic (exact) mass is 477 g/mol. The number of hydrogen-bond acceptors (Lipinski definition) is 6. The van der Waals surface area contributed by atoms with Gasteiger partial charge in [-0.25, -0.2) is 0 Å². The van der Waals surface area contributed by atoms with E-state index in [1.54, 1.807) is 19.2 Å². The van der Waals surface area contributed by atoms with Gasteiger partial charge in [0.1, 0.15) is 6.61 Å². The highest BCUT2D eigenvalue weighted by atomic mass is 35.5. The first kappa shape index (κ1) is 23.6. The Bertz CT molecular complexity index is 1190. The van der Waals surface area contributed by atoms with E-state index in [1.807, 2.05) is 43.6 Å². The molecule has 0 bridgehead atoms. The summed E-state index contributed by atoms with van der Waals surface area (Å²) in [4.78, 5) is 18.6. The number of aliphatic imine (C=N–C) groups is 1. The molecule has 3 aromatic carbocycles. The van der Waals surface area contributed by atoms with Gasteiger partial charge in [0, 0.05) is 49.2 Å². The number of aldehydes is 1. The number of nitrogens with one attached hydrogen (secondary N) is 1. The van der Waals surface area contributed by atoms with E-state index in [2.05, 4.69) is 34.4 Å². The summed E-state index contributed by atoms with van der Waals surface area (Å²) >= 11 is 6.03. The predicted molar refractivity (Wildman–Crippen MR) is 139 cm³/mol. The molecule has 6 nitrogen and oxygen atoms in total. The largest absolute Gasteiger partial charge is 0.493 e. The molecule has 1 aliphatic rings. The number of anilines is 2. The second-order valence-electron chi connectivity index (χ2n) is 8.18. The van der Waals surface area contributed by atoms with Crippen molar-refractivity contribution in [1.82, 2.24) is 0 Å². The number of carbonyl (C=O) groups is 1. The van der Waals surface area contributed by atoms with E-state index in [0.29, 0.717) is 35.2 Å². The number of halogens is 1. The maximum Gasteiger partial charge on any atom is 0.163 e. The van der Waals surface area contributed by atoms with Gasteiger partial charge in [-0.05, 0) is 47.4 Å². The molecular formula is C27H28ClN3O3. The Morgan fingerprint density at radius 2 is 1.94 bits per heavy atom. The van der Waals surface area contributed by atoms with Crippen molar-refractivity contribution in [2.75, 3.05) is 31.4 Å². The Balaban J connectivity index is 1.57. The average molecular weight is 478 g/mol. The van der Waals surface area contributed by atoms with Gasteiger partial charge in [-0.1, -0.05) is 24.3 Å².